The summed E-state index contributed by atoms with van der Waals surface area (Å²) < 4.78 is 8.00. The van der Waals surface area contributed by atoms with Crippen molar-refractivity contribution < 1.29 is 9.53 Å². The van der Waals surface area contributed by atoms with E-state index >= 15 is 0 Å². The minimum absolute atomic E-state index is 0.319. The highest BCUT2D eigenvalue weighted by Crippen LogP contribution is 2.23. The van der Waals surface area contributed by atoms with Crippen molar-refractivity contribution in [3.05, 3.63) is 40.5 Å². The van der Waals surface area contributed by atoms with Crippen LogP contribution in [0.25, 0.3) is 0 Å². The van der Waals surface area contributed by atoms with Gasteiger partial charge in [-0.3, -0.25) is 9.48 Å². The summed E-state index contributed by atoms with van der Waals surface area (Å²) >= 11 is 3.33. The first-order valence-corrected chi connectivity index (χ1v) is 5.40. The first-order chi connectivity index (χ1) is 7.69. The van der Waals surface area contributed by atoms with Crippen LogP contribution >= 0.6 is 15.9 Å². The Morgan fingerprint density at radius 2 is 2.06 bits per heavy atom. The van der Waals surface area contributed by atoms with Crippen LogP contribution in [0.3, 0.4) is 0 Å². The third-order valence-corrected chi connectivity index (χ3v) is 2.51. The number of aldehydes is 1. The molecule has 0 atom stereocenters. The van der Waals surface area contributed by atoms with Gasteiger partial charge >= 0.3 is 0 Å². The van der Waals surface area contributed by atoms with E-state index in [-0.39, 0.29) is 0 Å². The summed E-state index contributed by atoms with van der Waals surface area (Å²) in [7, 11) is 1.74. The minimum Gasteiger partial charge on any atom is -0.437 e. The first-order valence-electron chi connectivity index (χ1n) is 4.61. The molecule has 0 N–H and O–H groups in total. The molecule has 0 radical (unpaired) electrons. The van der Waals surface area contributed by atoms with Gasteiger partial charge in [0.2, 0.25) is 5.88 Å². The maximum Gasteiger partial charge on any atom is 0.248 e. The number of hydrogen-bond acceptors (Lipinski definition) is 3. The van der Waals surface area contributed by atoms with Crippen LogP contribution in [-0.4, -0.2) is 16.1 Å². The van der Waals surface area contributed by atoms with Crippen molar-refractivity contribution in [3.63, 3.8) is 0 Å². The van der Waals surface area contributed by atoms with Crippen molar-refractivity contribution in [2.75, 3.05) is 0 Å². The summed E-state index contributed by atoms with van der Waals surface area (Å²) in [5.74, 6) is 0.963. The molecule has 82 valence electrons. The van der Waals surface area contributed by atoms with Gasteiger partial charge in [0.1, 0.15) is 5.75 Å². The van der Waals surface area contributed by atoms with Gasteiger partial charge in [-0.25, -0.2) is 0 Å². The molecule has 0 saturated carbocycles. The fourth-order valence-electron chi connectivity index (χ4n) is 1.26. The molecule has 0 amide bonds. The van der Waals surface area contributed by atoms with Crippen LogP contribution in [0.4, 0.5) is 0 Å². The van der Waals surface area contributed by atoms with E-state index in [0.29, 0.717) is 17.2 Å². The van der Waals surface area contributed by atoms with Crippen molar-refractivity contribution >= 4 is 22.2 Å². The van der Waals surface area contributed by atoms with E-state index < -0.39 is 0 Å². The summed E-state index contributed by atoms with van der Waals surface area (Å²) in [4.78, 5) is 10.7. The quantitative estimate of drug-likeness (QED) is 0.812. The standard InChI is InChI=1S/C11H9BrN2O2/c1-14-6-8(7-15)11(13-14)16-10-4-2-9(12)3-5-10/h2-7H,1H3. The van der Waals surface area contributed by atoms with Crippen molar-refractivity contribution in [2.45, 2.75) is 0 Å². The predicted octanol–water partition coefficient (Wildman–Crippen LogP) is 2.79. The van der Waals surface area contributed by atoms with E-state index in [9.17, 15) is 4.79 Å². The van der Waals surface area contributed by atoms with Crippen LogP contribution < -0.4 is 4.74 Å². The van der Waals surface area contributed by atoms with E-state index in [2.05, 4.69) is 21.0 Å². The van der Waals surface area contributed by atoms with Crippen LogP contribution in [0.15, 0.2) is 34.9 Å². The highest BCUT2D eigenvalue weighted by atomic mass is 79.9. The van der Waals surface area contributed by atoms with Gasteiger partial charge in [0.15, 0.2) is 6.29 Å². The Bertz CT molecular complexity index is 505. The number of halogens is 1. The third-order valence-electron chi connectivity index (χ3n) is 1.98. The molecule has 0 aliphatic heterocycles. The molecule has 16 heavy (non-hydrogen) atoms. The van der Waals surface area contributed by atoms with Crippen molar-refractivity contribution in [3.8, 4) is 11.6 Å². The summed E-state index contributed by atoms with van der Waals surface area (Å²) in [6.45, 7) is 0. The van der Waals surface area contributed by atoms with Crippen LogP contribution in [-0.2, 0) is 7.05 Å². The highest BCUT2D eigenvalue weighted by Gasteiger charge is 2.08. The molecule has 2 rings (SSSR count). The minimum atomic E-state index is 0.319. The zero-order chi connectivity index (χ0) is 11.5. The molecular formula is C11H9BrN2O2. The van der Waals surface area contributed by atoms with Gasteiger partial charge in [-0.15, -0.1) is 5.10 Å². The largest absolute Gasteiger partial charge is 0.437 e. The summed E-state index contributed by atoms with van der Waals surface area (Å²) in [5.41, 5.74) is 0.436. The van der Waals surface area contributed by atoms with Crippen LogP contribution in [0.5, 0.6) is 11.6 Å². The van der Waals surface area contributed by atoms with Crippen molar-refractivity contribution in [1.29, 1.82) is 0 Å². The Morgan fingerprint density at radius 1 is 1.38 bits per heavy atom. The summed E-state index contributed by atoms with van der Waals surface area (Å²) in [6, 6.07) is 7.32. The molecular weight excluding hydrogens is 272 g/mol. The monoisotopic (exact) mass is 280 g/mol. The number of aryl methyl sites for hydroxylation is 1. The number of carbonyl (C=O) groups excluding carboxylic acids is 1. The second kappa shape index (κ2) is 4.49. The molecule has 2 aromatic rings. The predicted molar refractivity (Wildman–Crippen MR) is 62.8 cm³/mol. The number of aromatic nitrogens is 2. The van der Waals surface area contributed by atoms with Gasteiger partial charge in [-0.1, -0.05) is 15.9 Å². The molecule has 0 spiro atoms. The van der Waals surface area contributed by atoms with Crippen LogP contribution in [0.2, 0.25) is 0 Å². The van der Waals surface area contributed by atoms with Gasteiger partial charge < -0.3 is 4.74 Å². The molecule has 0 saturated heterocycles. The highest BCUT2D eigenvalue weighted by molar-refractivity contribution is 9.10. The number of rotatable bonds is 3. The van der Waals surface area contributed by atoms with Gasteiger partial charge in [0, 0.05) is 17.7 Å². The molecule has 5 heteroatoms. The molecule has 4 nitrogen and oxygen atoms in total. The van der Waals surface area contributed by atoms with E-state index in [0.717, 1.165) is 10.8 Å². The van der Waals surface area contributed by atoms with Crippen molar-refractivity contribution in [2.24, 2.45) is 7.05 Å². The molecule has 0 bridgehead atoms. The number of benzene rings is 1. The number of carbonyl (C=O) groups is 1. The fraction of sp³-hybridized carbons (Fsp3) is 0.0909. The number of ether oxygens (including phenoxy) is 1. The second-order valence-electron chi connectivity index (χ2n) is 3.24. The number of nitrogens with zero attached hydrogens (tertiary/aromatic N) is 2. The third kappa shape index (κ3) is 2.30. The Kier molecular flexibility index (Phi) is 3.05. The van der Waals surface area contributed by atoms with Crippen molar-refractivity contribution in [1.82, 2.24) is 9.78 Å². The normalized spacial score (nSPS) is 10.1. The lowest BCUT2D eigenvalue weighted by atomic mass is 10.3. The lowest BCUT2D eigenvalue weighted by Crippen LogP contribution is -1.90. The maximum absolute atomic E-state index is 10.7. The van der Waals surface area contributed by atoms with Crippen LogP contribution in [0, 0.1) is 0 Å². The molecule has 0 aliphatic carbocycles. The van der Waals surface area contributed by atoms with Gasteiger partial charge in [-0.05, 0) is 24.3 Å². The Balaban J connectivity index is 2.26. The SMILES string of the molecule is Cn1cc(C=O)c(Oc2ccc(Br)cc2)n1. The molecule has 1 aromatic carbocycles. The van der Waals surface area contributed by atoms with Gasteiger partial charge in [0.25, 0.3) is 0 Å². The molecule has 0 aliphatic rings. The second-order valence-corrected chi connectivity index (χ2v) is 4.15. The maximum atomic E-state index is 10.7. The zero-order valence-corrected chi connectivity index (χ0v) is 10.1. The van der Waals surface area contributed by atoms with E-state index in [4.69, 9.17) is 4.74 Å². The molecule has 0 fully saturated rings. The zero-order valence-electron chi connectivity index (χ0n) is 8.55. The van der Waals surface area contributed by atoms with E-state index in [1.165, 1.54) is 4.68 Å². The Hall–Kier alpha value is -1.62. The Labute approximate surface area is 101 Å². The number of hydrogen-bond donors (Lipinski definition) is 0. The summed E-state index contributed by atoms with van der Waals surface area (Å²) in [6.07, 6.45) is 2.34. The molecule has 0 unspecified atom stereocenters. The lowest BCUT2D eigenvalue weighted by Gasteiger charge is -2.02. The smallest absolute Gasteiger partial charge is 0.248 e. The van der Waals surface area contributed by atoms with E-state index in [1.54, 1.807) is 25.4 Å². The molecule has 1 heterocycles. The molecule has 1 aromatic heterocycles. The fourth-order valence-corrected chi connectivity index (χ4v) is 1.53. The van der Waals surface area contributed by atoms with Gasteiger partial charge in [0.05, 0.1) is 5.56 Å². The van der Waals surface area contributed by atoms with E-state index in [1.807, 2.05) is 12.1 Å². The topological polar surface area (TPSA) is 44.1 Å². The van der Waals surface area contributed by atoms with Crippen LogP contribution in [0.1, 0.15) is 10.4 Å². The average Bonchev–Trinajstić information content (AvgIpc) is 2.62. The summed E-state index contributed by atoms with van der Waals surface area (Å²) in [5, 5.41) is 4.05. The Morgan fingerprint density at radius 3 is 2.69 bits per heavy atom. The van der Waals surface area contributed by atoms with Gasteiger partial charge in [-0.2, -0.15) is 0 Å². The first kappa shape index (κ1) is 10.9. The lowest BCUT2D eigenvalue weighted by molar-refractivity contribution is 0.112. The average molecular weight is 281 g/mol.